The molecule has 0 unspecified atom stereocenters. The number of aromatic nitrogens is 1. The van der Waals surface area contributed by atoms with E-state index >= 15 is 0 Å². The molecular weight excluding hydrogens is 768 g/mol. The average Bonchev–Trinajstić information content (AvgIpc) is 3.93. The molecule has 0 bridgehead atoms. The van der Waals surface area contributed by atoms with Gasteiger partial charge in [-0.15, -0.1) is 11.3 Å². The van der Waals surface area contributed by atoms with Crippen LogP contribution in [0.2, 0.25) is 0 Å². The lowest BCUT2D eigenvalue weighted by Gasteiger charge is -2.27. The van der Waals surface area contributed by atoms with Gasteiger partial charge >= 0.3 is 0 Å². The fourth-order valence-electron chi connectivity index (χ4n) is 11.7. The van der Waals surface area contributed by atoms with Gasteiger partial charge in [0.25, 0.3) is 0 Å². The van der Waals surface area contributed by atoms with Gasteiger partial charge in [0, 0.05) is 69.9 Å². The van der Waals surface area contributed by atoms with Crippen molar-refractivity contribution >= 4 is 82.9 Å². The molecule has 0 radical (unpaired) electrons. The van der Waals surface area contributed by atoms with E-state index in [1.807, 2.05) is 11.3 Å². The van der Waals surface area contributed by atoms with Gasteiger partial charge in [-0.05, 0) is 115 Å². The molecule has 0 spiro atoms. The van der Waals surface area contributed by atoms with Crippen LogP contribution in [0.25, 0.3) is 81.0 Å². The SMILES string of the molecule is CC(C)(C)c1ccc(Nc2cc3c(cc2-c2ccc4c5cc6sc7ccccc7c6cc5n5c4c2Bc2cc4c(cc2-5)-c2ccccc2C4(C)C)-c2ccccc2C3(C)C)cc1. The Hall–Kier alpha value is -6.36. The van der Waals surface area contributed by atoms with Crippen LogP contribution in [0.5, 0.6) is 0 Å². The molecule has 2 aromatic heterocycles. The molecule has 0 fully saturated rings. The van der Waals surface area contributed by atoms with Crippen molar-refractivity contribution in [3.8, 4) is 39.1 Å². The molecule has 3 aliphatic rings. The van der Waals surface area contributed by atoms with E-state index in [-0.39, 0.29) is 16.2 Å². The van der Waals surface area contributed by atoms with E-state index in [2.05, 4.69) is 204 Å². The summed E-state index contributed by atoms with van der Waals surface area (Å²) in [6.07, 6.45) is 0. The summed E-state index contributed by atoms with van der Waals surface area (Å²) >= 11 is 1.91. The van der Waals surface area contributed by atoms with Gasteiger partial charge in [0.05, 0.1) is 5.52 Å². The maximum absolute atomic E-state index is 4.01. The average molecular weight is 815 g/mol. The molecule has 0 saturated carbocycles. The Morgan fingerprint density at radius 3 is 1.90 bits per heavy atom. The van der Waals surface area contributed by atoms with Gasteiger partial charge in [0.15, 0.2) is 7.28 Å². The molecule has 4 heteroatoms. The van der Waals surface area contributed by atoms with Crippen molar-refractivity contribution in [2.75, 3.05) is 5.32 Å². The summed E-state index contributed by atoms with van der Waals surface area (Å²) in [5, 5.41) is 9.32. The fraction of sp³-hybridized carbons (Fsp3) is 0.172. The number of nitrogens with one attached hydrogen (secondary N) is 1. The van der Waals surface area contributed by atoms with Crippen molar-refractivity contribution in [1.29, 1.82) is 0 Å². The summed E-state index contributed by atoms with van der Waals surface area (Å²) in [6, 6.07) is 56.0. The quantitative estimate of drug-likeness (QED) is 0.176. The van der Waals surface area contributed by atoms with E-state index in [1.54, 1.807) is 0 Å². The maximum atomic E-state index is 4.01. The van der Waals surface area contributed by atoms with Crippen LogP contribution in [0.3, 0.4) is 0 Å². The van der Waals surface area contributed by atoms with Gasteiger partial charge < -0.3 is 9.88 Å². The number of anilines is 2. The molecule has 10 aromatic rings. The van der Waals surface area contributed by atoms with Crippen LogP contribution in [0.4, 0.5) is 11.4 Å². The molecule has 0 atom stereocenters. The molecule has 298 valence electrons. The van der Waals surface area contributed by atoms with Gasteiger partial charge in [0.2, 0.25) is 0 Å². The minimum absolute atomic E-state index is 0.0836. The van der Waals surface area contributed by atoms with Crippen molar-refractivity contribution in [3.63, 3.8) is 0 Å². The summed E-state index contributed by atoms with van der Waals surface area (Å²) in [6.45, 7) is 16.4. The monoisotopic (exact) mass is 814 g/mol. The van der Waals surface area contributed by atoms with E-state index < -0.39 is 0 Å². The number of fused-ring (bicyclic) bond motifs is 14. The number of rotatable bonds is 3. The van der Waals surface area contributed by atoms with Gasteiger partial charge in [-0.1, -0.05) is 151 Å². The number of hydrogen-bond donors (Lipinski definition) is 1. The van der Waals surface area contributed by atoms with Crippen LogP contribution in [-0.2, 0) is 16.2 Å². The molecule has 1 N–H and O–H groups in total. The lowest BCUT2D eigenvalue weighted by Crippen LogP contribution is -2.38. The van der Waals surface area contributed by atoms with Crippen LogP contribution < -0.4 is 16.2 Å². The standard InChI is InChI=1S/C58H47BN2S/c1-56(2,3)32-20-22-33(23-21-32)60-49-31-47-39(34-14-8-11-17-44(34)58(47,6)7)26-41(49)37-24-25-38-42-29-53-43(36-16-10-13-19-52(36)62-53)28-50(42)61-51-27-40-35-15-9-12-18-45(35)57(4,5)46(40)30-48(51)59-54(37)55(38)61/h8-31,59-60H,1-7H3. The zero-order valence-corrected chi connectivity index (χ0v) is 37.2. The third kappa shape index (κ3) is 4.82. The fourth-order valence-corrected chi connectivity index (χ4v) is 12.8. The van der Waals surface area contributed by atoms with Crippen LogP contribution in [0.15, 0.2) is 146 Å². The van der Waals surface area contributed by atoms with Crippen molar-refractivity contribution in [1.82, 2.24) is 4.57 Å². The number of hydrogen-bond acceptors (Lipinski definition) is 2. The Labute approximate surface area is 368 Å². The van der Waals surface area contributed by atoms with E-state index in [0.29, 0.717) is 0 Å². The summed E-state index contributed by atoms with van der Waals surface area (Å²) < 4.78 is 5.33. The van der Waals surface area contributed by atoms with Crippen molar-refractivity contribution in [2.24, 2.45) is 0 Å². The first-order valence-electron chi connectivity index (χ1n) is 22.2. The lowest BCUT2D eigenvalue weighted by molar-refractivity contribution is 0.590. The molecule has 0 saturated heterocycles. The van der Waals surface area contributed by atoms with E-state index in [1.165, 1.54) is 120 Å². The molecule has 13 rings (SSSR count). The minimum Gasteiger partial charge on any atom is -0.355 e. The molecule has 62 heavy (non-hydrogen) atoms. The molecule has 0 amide bonds. The predicted molar refractivity (Wildman–Crippen MR) is 269 cm³/mol. The Kier molecular flexibility index (Phi) is 7.13. The summed E-state index contributed by atoms with van der Waals surface area (Å²) in [5.74, 6) is 0. The topological polar surface area (TPSA) is 17.0 Å². The number of nitrogens with zero attached hydrogens (tertiary/aromatic N) is 1. The molecule has 3 heterocycles. The third-order valence-electron chi connectivity index (χ3n) is 15.0. The second kappa shape index (κ2) is 12.2. The Morgan fingerprint density at radius 2 is 1.18 bits per heavy atom. The van der Waals surface area contributed by atoms with Crippen LogP contribution in [-0.4, -0.2) is 11.8 Å². The molecule has 1 aliphatic heterocycles. The van der Waals surface area contributed by atoms with Crippen LogP contribution in [0.1, 0.15) is 76.3 Å². The van der Waals surface area contributed by atoms with Crippen LogP contribution >= 0.6 is 11.3 Å². The Balaban J connectivity index is 1.11. The molecule has 2 aliphatic carbocycles. The first kappa shape index (κ1) is 36.3. The number of thiophene rings is 1. The van der Waals surface area contributed by atoms with Crippen LogP contribution in [0, 0.1) is 0 Å². The van der Waals surface area contributed by atoms with Gasteiger partial charge in [-0.3, -0.25) is 0 Å². The summed E-state index contributed by atoms with van der Waals surface area (Å²) in [5.41, 5.74) is 23.7. The molecule has 2 nitrogen and oxygen atoms in total. The van der Waals surface area contributed by atoms with Gasteiger partial charge in [0.1, 0.15) is 0 Å². The Morgan fingerprint density at radius 1 is 0.516 bits per heavy atom. The first-order chi connectivity index (χ1) is 29.9. The van der Waals surface area contributed by atoms with Crippen molar-refractivity contribution < 1.29 is 0 Å². The molecular formula is C58H47BN2S. The highest BCUT2D eigenvalue weighted by molar-refractivity contribution is 7.25. The maximum Gasteiger partial charge on any atom is 0.198 e. The second-order valence-electron chi connectivity index (χ2n) is 20.2. The summed E-state index contributed by atoms with van der Waals surface area (Å²) in [4.78, 5) is 0. The normalized spacial score (nSPS) is 15.1. The van der Waals surface area contributed by atoms with Crippen molar-refractivity contribution in [3.05, 3.63) is 173 Å². The zero-order chi connectivity index (χ0) is 42.0. The Bertz CT molecular complexity index is 3610. The van der Waals surface area contributed by atoms with E-state index in [9.17, 15) is 0 Å². The summed E-state index contributed by atoms with van der Waals surface area (Å²) in [7, 11) is 0.855. The van der Waals surface area contributed by atoms with E-state index in [4.69, 9.17) is 0 Å². The highest BCUT2D eigenvalue weighted by Gasteiger charge is 2.39. The highest BCUT2D eigenvalue weighted by Crippen LogP contribution is 2.53. The third-order valence-corrected chi connectivity index (χ3v) is 16.1. The van der Waals surface area contributed by atoms with E-state index in [0.717, 1.165) is 18.7 Å². The minimum atomic E-state index is -0.123. The lowest BCUT2D eigenvalue weighted by atomic mass is 9.58. The smallest absolute Gasteiger partial charge is 0.198 e. The molecule has 8 aromatic carbocycles. The largest absolute Gasteiger partial charge is 0.355 e. The second-order valence-corrected chi connectivity index (χ2v) is 21.3. The van der Waals surface area contributed by atoms with Gasteiger partial charge in [-0.25, -0.2) is 0 Å². The zero-order valence-electron chi connectivity index (χ0n) is 36.4. The highest BCUT2D eigenvalue weighted by atomic mass is 32.1. The van der Waals surface area contributed by atoms with Gasteiger partial charge in [-0.2, -0.15) is 0 Å². The first-order valence-corrected chi connectivity index (χ1v) is 23.0. The predicted octanol–water partition coefficient (Wildman–Crippen LogP) is 14.2. The number of benzene rings is 8. The van der Waals surface area contributed by atoms with Crippen molar-refractivity contribution in [2.45, 2.75) is 64.7 Å².